The number of anilines is 2. The Hall–Kier alpha value is -2.00. The zero-order valence-electron chi connectivity index (χ0n) is 11.0. The Labute approximate surface area is 115 Å². The minimum Gasteiger partial charge on any atom is -0.396 e. The van der Waals surface area contributed by atoms with Crippen LogP contribution in [0, 0.1) is 15.5 Å². The van der Waals surface area contributed by atoms with Crippen molar-refractivity contribution in [3.05, 3.63) is 16.3 Å². The molecule has 20 heavy (non-hydrogen) atoms. The number of aromatic nitrogens is 2. The number of nitrogens with zero attached hydrogens (tertiary/aromatic N) is 3. The van der Waals surface area contributed by atoms with Gasteiger partial charge >= 0.3 is 5.69 Å². The third kappa shape index (κ3) is 2.94. The summed E-state index contributed by atoms with van der Waals surface area (Å²) in [5, 5.41) is 23.4. The van der Waals surface area contributed by atoms with E-state index in [0.717, 1.165) is 31.9 Å². The van der Waals surface area contributed by atoms with Crippen molar-refractivity contribution in [3.8, 4) is 0 Å². The van der Waals surface area contributed by atoms with Crippen LogP contribution in [0.25, 0.3) is 0 Å². The minimum absolute atomic E-state index is 0.0564. The first kappa shape index (κ1) is 14.4. The maximum atomic E-state index is 11.0. The molecule has 0 bridgehead atoms. The summed E-state index contributed by atoms with van der Waals surface area (Å²) in [6.45, 7) is 0.492. The normalized spacial score (nSPS) is 16.9. The second kappa shape index (κ2) is 5.97. The molecule has 1 aromatic rings. The Balaban J connectivity index is 2.16. The van der Waals surface area contributed by atoms with Gasteiger partial charge in [0.15, 0.2) is 0 Å². The van der Waals surface area contributed by atoms with Crippen molar-refractivity contribution in [3.63, 3.8) is 0 Å². The molecule has 0 unspecified atom stereocenters. The molecular weight excluding hydrogens is 264 g/mol. The Morgan fingerprint density at radius 1 is 1.50 bits per heavy atom. The highest BCUT2D eigenvalue weighted by Crippen LogP contribution is 2.38. The highest BCUT2D eigenvalue weighted by atomic mass is 16.6. The summed E-state index contributed by atoms with van der Waals surface area (Å²) >= 11 is 0. The van der Waals surface area contributed by atoms with Crippen LogP contribution in [0.1, 0.15) is 25.7 Å². The van der Waals surface area contributed by atoms with Gasteiger partial charge in [-0.1, -0.05) is 12.8 Å². The van der Waals surface area contributed by atoms with Gasteiger partial charge in [-0.15, -0.1) is 0 Å². The van der Waals surface area contributed by atoms with Crippen LogP contribution in [0.3, 0.4) is 0 Å². The van der Waals surface area contributed by atoms with Crippen LogP contribution in [0.2, 0.25) is 0 Å². The molecule has 0 radical (unpaired) electrons. The first-order chi connectivity index (χ1) is 9.60. The molecule has 0 aliphatic heterocycles. The lowest BCUT2D eigenvalue weighted by molar-refractivity contribution is -0.384. The maximum absolute atomic E-state index is 11.0. The van der Waals surface area contributed by atoms with Crippen molar-refractivity contribution in [2.45, 2.75) is 25.7 Å². The molecule has 2 rings (SSSR count). The van der Waals surface area contributed by atoms with Gasteiger partial charge in [0.1, 0.15) is 6.20 Å². The number of nitro groups is 1. The van der Waals surface area contributed by atoms with Crippen LogP contribution in [0.15, 0.2) is 6.20 Å². The van der Waals surface area contributed by atoms with E-state index in [1.54, 1.807) is 0 Å². The zero-order valence-corrected chi connectivity index (χ0v) is 11.0. The number of aliphatic hydroxyl groups excluding tert-OH is 1. The number of aliphatic hydroxyl groups is 1. The quantitative estimate of drug-likeness (QED) is 0.338. The molecule has 0 spiro atoms. The molecule has 0 saturated heterocycles. The lowest BCUT2D eigenvalue weighted by atomic mass is 9.87. The molecule has 1 aliphatic carbocycles. The third-order valence-electron chi connectivity index (χ3n) is 3.73. The molecule has 110 valence electrons. The first-order valence-corrected chi connectivity index (χ1v) is 6.43. The van der Waals surface area contributed by atoms with Gasteiger partial charge in [-0.3, -0.25) is 15.5 Å². The summed E-state index contributed by atoms with van der Waals surface area (Å²) in [4.78, 5) is 18.1. The van der Waals surface area contributed by atoms with Crippen LogP contribution in [-0.2, 0) is 0 Å². The van der Waals surface area contributed by atoms with Crippen LogP contribution in [-0.4, -0.2) is 33.1 Å². The summed E-state index contributed by atoms with van der Waals surface area (Å²) in [7, 11) is 0. The molecule has 0 amide bonds. The number of hydrazine groups is 1. The van der Waals surface area contributed by atoms with Gasteiger partial charge in [0, 0.05) is 12.0 Å². The van der Waals surface area contributed by atoms with E-state index in [0.29, 0.717) is 6.54 Å². The van der Waals surface area contributed by atoms with Crippen molar-refractivity contribution in [2.24, 2.45) is 11.3 Å². The third-order valence-corrected chi connectivity index (χ3v) is 3.73. The summed E-state index contributed by atoms with van der Waals surface area (Å²) in [5.41, 5.74) is 1.81. The highest BCUT2D eigenvalue weighted by Gasteiger charge is 2.33. The number of hydrogen-bond acceptors (Lipinski definition) is 8. The summed E-state index contributed by atoms with van der Waals surface area (Å²) in [5.74, 6) is 5.41. The fraction of sp³-hybridized carbons (Fsp3) is 0.636. The van der Waals surface area contributed by atoms with E-state index in [4.69, 9.17) is 5.84 Å². The van der Waals surface area contributed by atoms with E-state index in [1.807, 2.05) is 0 Å². The Morgan fingerprint density at radius 3 is 2.75 bits per heavy atom. The van der Waals surface area contributed by atoms with Gasteiger partial charge in [-0.2, -0.15) is 4.98 Å². The van der Waals surface area contributed by atoms with Crippen molar-refractivity contribution in [1.82, 2.24) is 9.97 Å². The minimum atomic E-state index is -0.553. The predicted octanol–water partition coefficient (Wildman–Crippen LogP) is 0.635. The van der Waals surface area contributed by atoms with Gasteiger partial charge in [0.05, 0.1) is 11.5 Å². The van der Waals surface area contributed by atoms with E-state index in [2.05, 4.69) is 20.7 Å². The number of nitrogen functional groups attached to an aromatic ring is 1. The predicted molar refractivity (Wildman–Crippen MR) is 73.0 cm³/mol. The average Bonchev–Trinajstić information content (AvgIpc) is 2.94. The molecule has 5 N–H and O–H groups in total. The topological polar surface area (TPSA) is 139 Å². The van der Waals surface area contributed by atoms with Crippen LogP contribution in [0.4, 0.5) is 17.5 Å². The van der Waals surface area contributed by atoms with E-state index in [1.165, 1.54) is 0 Å². The largest absolute Gasteiger partial charge is 0.396 e. The Morgan fingerprint density at radius 2 is 2.20 bits per heavy atom. The van der Waals surface area contributed by atoms with Crippen molar-refractivity contribution < 1.29 is 10.0 Å². The lowest BCUT2D eigenvalue weighted by Crippen LogP contribution is -2.31. The Bertz CT molecular complexity index is 489. The van der Waals surface area contributed by atoms with Crippen LogP contribution >= 0.6 is 0 Å². The first-order valence-electron chi connectivity index (χ1n) is 6.43. The SMILES string of the molecule is NNc1ncc([N+](=O)[O-])c(NCC2(CO)CCCC2)n1. The van der Waals surface area contributed by atoms with Crippen molar-refractivity contribution in [2.75, 3.05) is 23.9 Å². The van der Waals surface area contributed by atoms with E-state index in [9.17, 15) is 15.2 Å². The van der Waals surface area contributed by atoms with Crippen LogP contribution in [0.5, 0.6) is 0 Å². The lowest BCUT2D eigenvalue weighted by Gasteiger charge is -2.26. The van der Waals surface area contributed by atoms with Gasteiger partial charge < -0.3 is 10.4 Å². The molecule has 1 heterocycles. The van der Waals surface area contributed by atoms with E-state index < -0.39 is 4.92 Å². The molecular formula is C11H18N6O3. The molecule has 1 saturated carbocycles. The van der Waals surface area contributed by atoms with Crippen LogP contribution < -0.4 is 16.6 Å². The number of rotatable bonds is 6. The van der Waals surface area contributed by atoms with Gasteiger partial charge in [-0.05, 0) is 12.8 Å². The molecule has 9 heteroatoms. The fourth-order valence-corrected chi connectivity index (χ4v) is 2.50. The monoisotopic (exact) mass is 282 g/mol. The number of nitrogens with one attached hydrogen (secondary N) is 2. The second-order valence-corrected chi connectivity index (χ2v) is 5.05. The number of hydrogen-bond donors (Lipinski definition) is 4. The van der Waals surface area contributed by atoms with E-state index in [-0.39, 0.29) is 29.5 Å². The molecule has 0 aromatic carbocycles. The summed E-state index contributed by atoms with van der Waals surface area (Å²) < 4.78 is 0. The maximum Gasteiger partial charge on any atom is 0.329 e. The number of nitrogens with two attached hydrogens (primary N) is 1. The van der Waals surface area contributed by atoms with Crippen molar-refractivity contribution >= 4 is 17.5 Å². The van der Waals surface area contributed by atoms with Gasteiger partial charge in [0.2, 0.25) is 11.8 Å². The molecule has 1 fully saturated rings. The standard InChI is InChI=1S/C11H18N6O3/c12-16-10-13-5-8(17(19)20)9(15-10)14-6-11(7-18)3-1-2-4-11/h5,18H,1-4,6-7,12H2,(H2,13,14,15,16). The van der Waals surface area contributed by atoms with Crippen molar-refractivity contribution in [1.29, 1.82) is 0 Å². The fourth-order valence-electron chi connectivity index (χ4n) is 2.50. The smallest absolute Gasteiger partial charge is 0.329 e. The molecule has 0 atom stereocenters. The zero-order chi connectivity index (χ0) is 14.6. The molecule has 1 aliphatic rings. The van der Waals surface area contributed by atoms with Gasteiger partial charge in [0.25, 0.3) is 0 Å². The summed E-state index contributed by atoms with van der Waals surface area (Å²) in [6.07, 6.45) is 5.02. The van der Waals surface area contributed by atoms with Gasteiger partial charge in [-0.25, -0.2) is 10.8 Å². The molecule has 9 nitrogen and oxygen atoms in total. The second-order valence-electron chi connectivity index (χ2n) is 5.05. The summed E-state index contributed by atoms with van der Waals surface area (Å²) in [6, 6.07) is 0. The Kier molecular flexibility index (Phi) is 4.30. The average molecular weight is 282 g/mol. The highest BCUT2D eigenvalue weighted by molar-refractivity contribution is 5.56. The van der Waals surface area contributed by atoms with E-state index >= 15 is 0 Å². The molecule has 1 aromatic heterocycles.